The minimum atomic E-state index is -0.161. The van der Waals surface area contributed by atoms with Gasteiger partial charge in [0, 0.05) is 19.4 Å². The molecule has 1 aromatic rings. The van der Waals surface area contributed by atoms with Crippen LogP contribution in [-0.4, -0.2) is 17.9 Å². The van der Waals surface area contributed by atoms with Crippen LogP contribution in [0.25, 0.3) is 0 Å². The van der Waals surface area contributed by atoms with E-state index in [-0.39, 0.29) is 5.91 Å². The summed E-state index contributed by atoms with van der Waals surface area (Å²) in [5.74, 6) is -0.161. The summed E-state index contributed by atoms with van der Waals surface area (Å²) in [5, 5.41) is 4.82. The maximum atomic E-state index is 10.8. The van der Waals surface area contributed by atoms with Crippen molar-refractivity contribution >= 4 is 17.2 Å². The first-order valence-corrected chi connectivity index (χ1v) is 3.61. The zero-order valence-electron chi connectivity index (χ0n) is 5.55. The molecular weight excluding hydrogens is 148 g/mol. The highest BCUT2D eigenvalue weighted by atomic mass is 32.1. The molecule has 1 rings (SSSR count). The summed E-state index contributed by atoms with van der Waals surface area (Å²) in [6.45, 7) is 3.59. The first kappa shape index (κ1) is 7.21. The summed E-state index contributed by atoms with van der Waals surface area (Å²) in [6.07, 6.45) is 0. The molecule has 0 fully saturated rings. The van der Waals surface area contributed by atoms with Gasteiger partial charge in [0.2, 0.25) is 0 Å². The fraction of sp³-hybridized carbons (Fsp3) is 0.167. The zero-order chi connectivity index (χ0) is 7.56. The molecule has 1 N–H and O–H groups in total. The Kier molecular flexibility index (Phi) is 2.01. The van der Waals surface area contributed by atoms with Gasteiger partial charge in [0.1, 0.15) is 5.69 Å². The molecule has 4 heteroatoms. The Morgan fingerprint density at radius 3 is 3.00 bits per heavy atom. The Morgan fingerprint density at radius 2 is 2.60 bits per heavy atom. The fourth-order valence-electron chi connectivity index (χ4n) is 0.543. The summed E-state index contributed by atoms with van der Waals surface area (Å²) in [7, 11) is 1.57. The van der Waals surface area contributed by atoms with Crippen LogP contribution in [0, 0.1) is 6.92 Å². The first-order valence-electron chi connectivity index (χ1n) is 2.73. The number of aromatic nitrogens is 1. The van der Waals surface area contributed by atoms with Gasteiger partial charge in [0.15, 0.2) is 0 Å². The average molecular weight is 155 g/mol. The van der Waals surface area contributed by atoms with E-state index in [0.717, 1.165) is 0 Å². The van der Waals surface area contributed by atoms with Crippen molar-refractivity contribution in [2.75, 3.05) is 7.05 Å². The van der Waals surface area contributed by atoms with Gasteiger partial charge in [-0.1, -0.05) is 0 Å². The van der Waals surface area contributed by atoms with Gasteiger partial charge >= 0.3 is 0 Å². The van der Waals surface area contributed by atoms with Crippen LogP contribution in [0.4, 0.5) is 0 Å². The van der Waals surface area contributed by atoms with Gasteiger partial charge in [-0.25, -0.2) is 4.98 Å². The highest BCUT2D eigenvalue weighted by Crippen LogP contribution is 2.06. The quantitative estimate of drug-likeness (QED) is 0.648. The van der Waals surface area contributed by atoms with E-state index in [4.69, 9.17) is 0 Å². The van der Waals surface area contributed by atoms with Crippen LogP contribution < -0.4 is 5.32 Å². The molecular formula is C6H7N2OS. The molecule has 0 aliphatic rings. The van der Waals surface area contributed by atoms with E-state index in [1.807, 2.05) is 0 Å². The van der Waals surface area contributed by atoms with E-state index in [0.29, 0.717) is 10.7 Å². The molecule has 0 unspecified atom stereocenters. The maximum absolute atomic E-state index is 10.8. The standard InChI is InChI=1S/C6H7N2OS/c1-4-8-5(3-10-4)6(9)7-2/h3H,1H2,2H3,(H,7,9). The molecule has 1 amide bonds. The Balaban J connectivity index is 2.85. The third-order valence-electron chi connectivity index (χ3n) is 1.01. The normalized spacial score (nSPS) is 9.40. The van der Waals surface area contributed by atoms with E-state index >= 15 is 0 Å². The maximum Gasteiger partial charge on any atom is 0.270 e. The summed E-state index contributed by atoms with van der Waals surface area (Å²) < 4.78 is 0. The second kappa shape index (κ2) is 2.79. The van der Waals surface area contributed by atoms with Gasteiger partial charge < -0.3 is 5.32 Å². The predicted octanol–water partition coefficient (Wildman–Crippen LogP) is 0.685. The number of carbonyl (C=O) groups excluding carboxylic acids is 1. The number of hydrogen-bond acceptors (Lipinski definition) is 3. The van der Waals surface area contributed by atoms with Crippen molar-refractivity contribution in [2.45, 2.75) is 0 Å². The SMILES string of the molecule is [CH2]c1nc(C(=O)NC)cs1. The smallest absolute Gasteiger partial charge is 0.270 e. The van der Waals surface area contributed by atoms with Crippen LogP contribution in [0.15, 0.2) is 5.38 Å². The Hall–Kier alpha value is -0.900. The van der Waals surface area contributed by atoms with E-state index < -0.39 is 0 Å². The molecule has 1 heterocycles. The van der Waals surface area contributed by atoms with Crippen molar-refractivity contribution < 1.29 is 4.79 Å². The molecule has 3 nitrogen and oxygen atoms in total. The summed E-state index contributed by atoms with van der Waals surface area (Å²) in [4.78, 5) is 14.7. The lowest BCUT2D eigenvalue weighted by Crippen LogP contribution is -2.17. The van der Waals surface area contributed by atoms with Crippen molar-refractivity contribution in [2.24, 2.45) is 0 Å². The van der Waals surface area contributed by atoms with E-state index in [1.54, 1.807) is 12.4 Å². The summed E-state index contributed by atoms with van der Waals surface area (Å²) in [6, 6.07) is 0. The Labute approximate surface area is 63.1 Å². The molecule has 1 radical (unpaired) electrons. The molecule has 0 bridgehead atoms. The number of hydrogen-bond donors (Lipinski definition) is 1. The number of carbonyl (C=O) groups is 1. The largest absolute Gasteiger partial charge is 0.354 e. The van der Waals surface area contributed by atoms with Gasteiger partial charge in [0.05, 0.1) is 5.01 Å². The molecule has 10 heavy (non-hydrogen) atoms. The molecule has 0 aliphatic carbocycles. The van der Waals surface area contributed by atoms with Crippen LogP contribution >= 0.6 is 11.3 Å². The van der Waals surface area contributed by atoms with Gasteiger partial charge in [0.25, 0.3) is 5.91 Å². The lowest BCUT2D eigenvalue weighted by Gasteiger charge is -1.90. The van der Waals surface area contributed by atoms with Crippen LogP contribution in [0.5, 0.6) is 0 Å². The summed E-state index contributed by atoms with van der Waals surface area (Å²) in [5.41, 5.74) is 0.442. The molecule has 0 aliphatic heterocycles. The van der Waals surface area contributed by atoms with Gasteiger partial charge in [-0.2, -0.15) is 0 Å². The number of nitrogens with zero attached hydrogens (tertiary/aromatic N) is 1. The fourth-order valence-corrected chi connectivity index (χ4v) is 1.10. The van der Waals surface area contributed by atoms with E-state index in [2.05, 4.69) is 17.2 Å². The monoisotopic (exact) mass is 155 g/mol. The average Bonchev–Trinajstić information content (AvgIpc) is 2.34. The summed E-state index contributed by atoms with van der Waals surface area (Å²) >= 11 is 1.37. The topological polar surface area (TPSA) is 42.0 Å². The minimum absolute atomic E-state index is 0.161. The third kappa shape index (κ3) is 1.33. The van der Waals surface area contributed by atoms with Crippen molar-refractivity contribution in [1.82, 2.24) is 10.3 Å². The third-order valence-corrected chi connectivity index (χ3v) is 1.72. The molecule has 0 spiro atoms. The molecule has 0 atom stereocenters. The van der Waals surface area contributed by atoms with Crippen LogP contribution in [0.2, 0.25) is 0 Å². The Morgan fingerprint density at radius 1 is 1.90 bits per heavy atom. The first-order chi connectivity index (χ1) is 4.74. The number of rotatable bonds is 1. The second-order valence-corrected chi connectivity index (χ2v) is 2.65. The van der Waals surface area contributed by atoms with Crippen molar-refractivity contribution in [3.05, 3.63) is 23.0 Å². The zero-order valence-corrected chi connectivity index (χ0v) is 6.36. The number of thiazole rings is 1. The van der Waals surface area contributed by atoms with Crippen LogP contribution in [-0.2, 0) is 0 Å². The number of amides is 1. The molecule has 0 saturated carbocycles. The molecule has 1 aromatic heterocycles. The molecule has 0 aromatic carbocycles. The molecule has 0 saturated heterocycles. The van der Waals surface area contributed by atoms with Crippen LogP contribution in [0.1, 0.15) is 15.5 Å². The van der Waals surface area contributed by atoms with Crippen molar-refractivity contribution in [3.63, 3.8) is 0 Å². The molecule has 53 valence electrons. The minimum Gasteiger partial charge on any atom is -0.354 e. The van der Waals surface area contributed by atoms with Gasteiger partial charge in [-0.05, 0) is 0 Å². The number of nitrogens with one attached hydrogen (secondary N) is 1. The van der Waals surface area contributed by atoms with Crippen LogP contribution in [0.3, 0.4) is 0 Å². The lowest BCUT2D eigenvalue weighted by molar-refractivity contribution is 0.0959. The van der Waals surface area contributed by atoms with E-state index in [9.17, 15) is 4.79 Å². The van der Waals surface area contributed by atoms with Gasteiger partial charge in [-0.3, -0.25) is 4.79 Å². The van der Waals surface area contributed by atoms with Crippen molar-refractivity contribution in [1.29, 1.82) is 0 Å². The second-order valence-electron chi connectivity index (χ2n) is 1.71. The van der Waals surface area contributed by atoms with E-state index in [1.165, 1.54) is 11.3 Å². The van der Waals surface area contributed by atoms with Gasteiger partial charge in [-0.15, -0.1) is 11.3 Å². The predicted molar refractivity (Wildman–Crippen MR) is 40.0 cm³/mol. The lowest BCUT2D eigenvalue weighted by atomic mass is 10.5. The Bertz CT molecular complexity index is 244. The highest BCUT2D eigenvalue weighted by molar-refractivity contribution is 7.10. The van der Waals surface area contributed by atoms with Crippen molar-refractivity contribution in [3.8, 4) is 0 Å². The highest BCUT2D eigenvalue weighted by Gasteiger charge is 2.04.